The normalized spacial score (nSPS) is 15.8. The van der Waals surface area contributed by atoms with Gasteiger partial charge in [0.25, 0.3) is 0 Å². The van der Waals surface area contributed by atoms with E-state index in [-0.39, 0.29) is 18.2 Å². The van der Waals surface area contributed by atoms with Crippen LogP contribution in [0.1, 0.15) is 21.6 Å². The summed E-state index contributed by atoms with van der Waals surface area (Å²) in [6.07, 6.45) is 2.18. The lowest BCUT2D eigenvalue weighted by Crippen LogP contribution is -2.47. The molecule has 4 rings (SSSR count). The highest BCUT2D eigenvalue weighted by Crippen LogP contribution is 2.29. The zero-order valence-electron chi connectivity index (χ0n) is 17.2. The van der Waals surface area contributed by atoms with Crippen molar-refractivity contribution in [3.05, 3.63) is 77.6 Å². The fraction of sp³-hybridized carbons (Fsp3) is 0.261. The highest BCUT2D eigenvalue weighted by molar-refractivity contribution is 5.98. The molecule has 0 saturated carbocycles. The minimum Gasteiger partial charge on any atom is -0.489 e. The molecule has 0 spiro atoms. The van der Waals surface area contributed by atoms with E-state index in [2.05, 4.69) is 10.4 Å². The molecule has 2 aromatic carbocycles. The summed E-state index contributed by atoms with van der Waals surface area (Å²) < 4.78 is 7.44. The molecule has 1 aliphatic rings. The monoisotopic (exact) mass is 420 g/mol. The van der Waals surface area contributed by atoms with Crippen molar-refractivity contribution in [1.29, 1.82) is 0 Å². The SMILES string of the molecule is CN1C(=O)C(NCCc2cn(Cc3ccccc3)nc2C(=O)O)COc2ccccc21. The number of para-hydroxylation sites is 2. The number of carbonyl (C=O) groups is 2. The van der Waals surface area contributed by atoms with Gasteiger partial charge in [-0.3, -0.25) is 9.48 Å². The molecule has 0 aliphatic carbocycles. The topological polar surface area (TPSA) is 96.7 Å². The first kappa shape index (κ1) is 20.6. The maximum absolute atomic E-state index is 12.8. The molecule has 1 atom stereocenters. The molecule has 1 amide bonds. The predicted octanol–water partition coefficient (Wildman–Crippen LogP) is 2.19. The van der Waals surface area contributed by atoms with Crippen molar-refractivity contribution in [3.63, 3.8) is 0 Å². The molecule has 3 aromatic rings. The van der Waals surface area contributed by atoms with Crippen molar-refractivity contribution in [2.45, 2.75) is 19.0 Å². The van der Waals surface area contributed by atoms with Gasteiger partial charge in [-0.1, -0.05) is 42.5 Å². The number of aromatic carboxylic acids is 1. The van der Waals surface area contributed by atoms with Gasteiger partial charge in [-0.2, -0.15) is 5.10 Å². The van der Waals surface area contributed by atoms with Crippen molar-refractivity contribution >= 4 is 17.6 Å². The number of ether oxygens (including phenoxy) is 1. The second-order valence-electron chi connectivity index (χ2n) is 7.42. The van der Waals surface area contributed by atoms with Gasteiger partial charge in [-0.05, 0) is 24.1 Å². The molecule has 31 heavy (non-hydrogen) atoms. The third kappa shape index (κ3) is 4.59. The number of anilines is 1. The summed E-state index contributed by atoms with van der Waals surface area (Å²) in [5, 5.41) is 17.0. The number of benzene rings is 2. The van der Waals surface area contributed by atoms with Gasteiger partial charge in [-0.25, -0.2) is 4.79 Å². The van der Waals surface area contributed by atoms with E-state index in [1.54, 1.807) is 22.8 Å². The molecule has 0 radical (unpaired) electrons. The summed E-state index contributed by atoms with van der Waals surface area (Å²) in [6, 6.07) is 16.6. The molecule has 8 heteroatoms. The van der Waals surface area contributed by atoms with Crippen LogP contribution in [0.3, 0.4) is 0 Å². The first-order valence-corrected chi connectivity index (χ1v) is 10.1. The molecule has 1 aromatic heterocycles. The van der Waals surface area contributed by atoms with E-state index in [0.717, 1.165) is 11.3 Å². The van der Waals surface area contributed by atoms with Gasteiger partial charge >= 0.3 is 5.97 Å². The van der Waals surface area contributed by atoms with Crippen LogP contribution in [0.15, 0.2) is 60.8 Å². The van der Waals surface area contributed by atoms with Crippen LogP contribution < -0.4 is 15.0 Å². The van der Waals surface area contributed by atoms with Gasteiger partial charge in [0.05, 0.1) is 12.2 Å². The van der Waals surface area contributed by atoms with Gasteiger partial charge < -0.3 is 20.1 Å². The van der Waals surface area contributed by atoms with Crippen molar-refractivity contribution in [2.75, 3.05) is 25.1 Å². The number of hydrogen-bond acceptors (Lipinski definition) is 5. The molecule has 0 fully saturated rings. The Bertz CT molecular complexity index is 1080. The summed E-state index contributed by atoms with van der Waals surface area (Å²) in [7, 11) is 1.72. The quantitative estimate of drug-likeness (QED) is 0.608. The van der Waals surface area contributed by atoms with E-state index in [1.165, 1.54) is 0 Å². The minimum absolute atomic E-state index is 0.0331. The fourth-order valence-corrected chi connectivity index (χ4v) is 3.66. The average Bonchev–Trinajstić information content (AvgIpc) is 3.13. The number of carbonyl (C=O) groups excluding carboxylic acids is 1. The van der Waals surface area contributed by atoms with Crippen LogP contribution >= 0.6 is 0 Å². The van der Waals surface area contributed by atoms with Crippen molar-refractivity contribution in [2.24, 2.45) is 0 Å². The van der Waals surface area contributed by atoms with E-state index in [4.69, 9.17) is 4.74 Å². The standard InChI is InChI=1S/C23H24N4O4/c1-26-19-9-5-6-10-20(19)31-15-18(22(26)28)24-12-11-17-14-27(25-21(17)23(29)30)13-16-7-3-2-4-8-16/h2-10,14,18,24H,11-13,15H2,1H3,(H,29,30). The number of hydrogen-bond donors (Lipinski definition) is 2. The van der Waals surface area contributed by atoms with Gasteiger partial charge in [0.2, 0.25) is 5.91 Å². The van der Waals surface area contributed by atoms with Gasteiger partial charge in [0.15, 0.2) is 5.69 Å². The Hall–Kier alpha value is -3.65. The van der Waals surface area contributed by atoms with Crippen molar-refractivity contribution in [3.8, 4) is 5.75 Å². The number of nitrogens with one attached hydrogen (secondary N) is 1. The highest BCUT2D eigenvalue weighted by Gasteiger charge is 2.28. The molecule has 160 valence electrons. The Kier molecular flexibility index (Phi) is 5.99. The smallest absolute Gasteiger partial charge is 0.356 e. The van der Waals surface area contributed by atoms with Crippen LogP contribution in [-0.4, -0.2) is 53.0 Å². The Morgan fingerprint density at radius 1 is 1.19 bits per heavy atom. The van der Waals surface area contributed by atoms with Gasteiger partial charge in [-0.15, -0.1) is 0 Å². The molecule has 1 unspecified atom stereocenters. The van der Waals surface area contributed by atoms with E-state index < -0.39 is 12.0 Å². The highest BCUT2D eigenvalue weighted by atomic mass is 16.5. The first-order chi connectivity index (χ1) is 15.0. The summed E-state index contributed by atoms with van der Waals surface area (Å²) in [6.45, 7) is 1.12. The number of carboxylic acids is 1. The fourth-order valence-electron chi connectivity index (χ4n) is 3.66. The van der Waals surface area contributed by atoms with Crippen LogP contribution in [0.5, 0.6) is 5.75 Å². The van der Waals surface area contributed by atoms with E-state index in [1.807, 2.05) is 54.6 Å². The van der Waals surface area contributed by atoms with E-state index in [0.29, 0.717) is 30.8 Å². The lowest BCUT2D eigenvalue weighted by molar-refractivity contribution is -0.120. The summed E-state index contributed by atoms with van der Waals surface area (Å²) in [5.41, 5.74) is 2.42. The van der Waals surface area contributed by atoms with Crippen molar-refractivity contribution < 1.29 is 19.4 Å². The Labute approximate surface area is 180 Å². The van der Waals surface area contributed by atoms with Crippen LogP contribution in [-0.2, 0) is 17.8 Å². The number of rotatable bonds is 7. The number of amides is 1. The van der Waals surface area contributed by atoms with Gasteiger partial charge in [0.1, 0.15) is 18.4 Å². The summed E-state index contributed by atoms with van der Waals surface area (Å²) in [5.74, 6) is -0.493. The number of nitrogens with zero attached hydrogens (tertiary/aromatic N) is 3. The van der Waals surface area contributed by atoms with Gasteiger partial charge in [0, 0.05) is 25.4 Å². The molecular weight excluding hydrogens is 396 g/mol. The molecule has 0 bridgehead atoms. The second kappa shape index (κ2) is 9.01. The number of aromatic nitrogens is 2. The van der Waals surface area contributed by atoms with Crippen LogP contribution in [0.4, 0.5) is 5.69 Å². The van der Waals surface area contributed by atoms with Crippen LogP contribution in [0, 0.1) is 0 Å². The summed E-state index contributed by atoms with van der Waals surface area (Å²) >= 11 is 0. The van der Waals surface area contributed by atoms with E-state index >= 15 is 0 Å². The molecular formula is C23H24N4O4. The zero-order chi connectivity index (χ0) is 21.8. The average molecular weight is 420 g/mol. The number of carboxylic acid groups (broad SMARTS) is 1. The predicted molar refractivity (Wildman–Crippen MR) is 116 cm³/mol. The molecule has 2 heterocycles. The maximum atomic E-state index is 12.8. The number of likely N-dealkylation sites (N-methyl/N-ethyl adjacent to an activating group) is 1. The lowest BCUT2D eigenvalue weighted by atomic mass is 10.1. The minimum atomic E-state index is -1.06. The largest absolute Gasteiger partial charge is 0.489 e. The molecule has 0 saturated heterocycles. The van der Waals surface area contributed by atoms with E-state index in [9.17, 15) is 14.7 Å². The van der Waals surface area contributed by atoms with Crippen LogP contribution in [0.2, 0.25) is 0 Å². The Morgan fingerprint density at radius 3 is 2.71 bits per heavy atom. The molecule has 8 nitrogen and oxygen atoms in total. The first-order valence-electron chi connectivity index (χ1n) is 10.1. The lowest BCUT2D eigenvalue weighted by Gasteiger charge is -2.20. The zero-order valence-corrected chi connectivity index (χ0v) is 17.2. The Morgan fingerprint density at radius 2 is 1.94 bits per heavy atom. The Balaban J connectivity index is 1.41. The summed E-state index contributed by atoms with van der Waals surface area (Å²) in [4.78, 5) is 26.0. The third-order valence-electron chi connectivity index (χ3n) is 5.27. The third-order valence-corrected chi connectivity index (χ3v) is 5.27. The van der Waals surface area contributed by atoms with Crippen molar-refractivity contribution in [1.82, 2.24) is 15.1 Å². The molecule has 1 aliphatic heterocycles. The maximum Gasteiger partial charge on any atom is 0.356 e. The molecule has 2 N–H and O–H groups in total. The number of fused-ring (bicyclic) bond motifs is 1. The second-order valence-corrected chi connectivity index (χ2v) is 7.42. The van der Waals surface area contributed by atoms with Crippen LogP contribution in [0.25, 0.3) is 0 Å².